The number of carbonyl (C=O) groups excluding carboxylic acids is 3. The van der Waals surface area contributed by atoms with Crippen molar-refractivity contribution in [2.45, 2.75) is 226 Å². The Morgan fingerprint density at radius 2 is 0.661 bits per heavy atom. The van der Waals surface area contributed by atoms with Gasteiger partial charge in [-0.2, -0.15) is 0 Å². The van der Waals surface area contributed by atoms with Crippen molar-refractivity contribution >= 4 is 17.9 Å². The van der Waals surface area contributed by atoms with Crippen LogP contribution < -0.4 is 0 Å². The molecule has 0 aliphatic rings. The van der Waals surface area contributed by atoms with Gasteiger partial charge in [-0.25, -0.2) is 0 Å². The first kappa shape index (κ1) is 53.1. The first-order chi connectivity index (χ1) is 27.5. The standard InChI is InChI=1S/C50H86O6/c1-4-7-10-13-16-19-21-23-24-25-26-27-29-31-34-37-40-43-49(52)55-46-47(45-54-48(51)42-39-36-33-30-18-15-12-9-6-3)56-50(53)44-41-38-35-32-28-22-20-17-14-11-8-5-2/h16-17,19-20,23-24,26-27,31,34,47H,4-15,18,21-22,25,28-30,32-33,35-46H2,1-3H3/b19-16-,20-17-,24-23-,27-26-,34-31-. The first-order valence-corrected chi connectivity index (χ1v) is 23.3. The largest absolute Gasteiger partial charge is 0.462 e. The molecular weight excluding hydrogens is 697 g/mol. The van der Waals surface area contributed by atoms with Crippen molar-refractivity contribution < 1.29 is 28.6 Å². The average molecular weight is 783 g/mol. The van der Waals surface area contributed by atoms with Crippen molar-refractivity contribution in [2.24, 2.45) is 0 Å². The van der Waals surface area contributed by atoms with Crippen LogP contribution in [-0.4, -0.2) is 37.2 Å². The van der Waals surface area contributed by atoms with Crippen LogP contribution in [0.5, 0.6) is 0 Å². The molecule has 56 heavy (non-hydrogen) atoms. The van der Waals surface area contributed by atoms with Crippen LogP contribution in [0, 0.1) is 0 Å². The van der Waals surface area contributed by atoms with Crippen molar-refractivity contribution in [3.63, 3.8) is 0 Å². The number of hydrogen-bond donors (Lipinski definition) is 0. The molecule has 0 spiro atoms. The number of rotatable bonds is 41. The number of hydrogen-bond acceptors (Lipinski definition) is 6. The van der Waals surface area contributed by atoms with Gasteiger partial charge in [-0.3, -0.25) is 14.4 Å². The Labute approximate surface area is 345 Å². The molecule has 0 saturated heterocycles. The minimum Gasteiger partial charge on any atom is -0.462 e. The van der Waals surface area contributed by atoms with Crippen molar-refractivity contribution in [1.29, 1.82) is 0 Å². The maximum Gasteiger partial charge on any atom is 0.306 e. The third-order valence-corrected chi connectivity index (χ3v) is 9.74. The van der Waals surface area contributed by atoms with Crippen molar-refractivity contribution in [3.05, 3.63) is 60.8 Å². The summed E-state index contributed by atoms with van der Waals surface area (Å²) in [6.07, 6.45) is 53.5. The zero-order valence-corrected chi connectivity index (χ0v) is 36.6. The Bertz CT molecular complexity index is 1040. The van der Waals surface area contributed by atoms with Crippen molar-refractivity contribution in [2.75, 3.05) is 13.2 Å². The molecule has 0 fully saturated rings. The van der Waals surface area contributed by atoms with E-state index in [-0.39, 0.29) is 37.5 Å². The zero-order valence-electron chi connectivity index (χ0n) is 36.6. The zero-order chi connectivity index (χ0) is 40.8. The molecule has 0 radical (unpaired) electrons. The average Bonchev–Trinajstić information content (AvgIpc) is 3.19. The molecule has 6 heteroatoms. The van der Waals surface area contributed by atoms with Crippen LogP contribution in [0.3, 0.4) is 0 Å². The van der Waals surface area contributed by atoms with E-state index in [9.17, 15) is 14.4 Å². The molecule has 1 atom stereocenters. The van der Waals surface area contributed by atoms with Gasteiger partial charge in [-0.05, 0) is 83.5 Å². The Hall–Kier alpha value is -2.89. The number of unbranched alkanes of at least 4 members (excludes halogenated alkanes) is 20. The summed E-state index contributed by atoms with van der Waals surface area (Å²) < 4.78 is 16.6. The maximum absolute atomic E-state index is 12.7. The fourth-order valence-electron chi connectivity index (χ4n) is 6.19. The number of carbonyl (C=O) groups is 3. The lowest BCUT2D eigenvalue weighted by Crippen LogP contribution is -2.30. The Kier molecular flexibility index (Phi) is 42.5. The van der Waals surface area contributed by atoms with E-state index in [1.165, 1.54) is 96.3 Å². The molecule has 0 saturated carbocycles. The van der Waals surface area contributed by atoms with E-state index in [1.54, 1.807) is 0 Å². The van der Waals surface area contributed by atoms with E-state index in [2.05, 4.69) is 81.5 Å². The molecule has 0 aromatic heterocycles. The summed E-state index contributed by atoms with van der Waals surface area (Å²) >= 11 is 0. The second kappa shape index (κ2) is 44.8. The van der Waals surface area contributed by atoms with Crippen LogP contribution in [0.4, 0.5) is 0 Å². The van der Waals surface area contributed by atoms with E-state index >= 15 is 0 Å². The van der Waals surface area contributed by atoms with Gasteiger partial charge in [0, 0.05) is 19.3 Å². The molecule has 1 unspecified atom stereocenters. The molecule has 0 aromatic carbocycles. The number of esters is 3. The third kappa shape index (κ3) is 42.3. The minimum atomic E-state index is -0.795. The monoisotopic (exact) mass is 783 g/mol. The third-order valence-electron chi connectivity index (χ3n) is 9.74. The summed E-state index contributed by atoms with van der Waals surface area (Å²) in [5, 5.41) is 0. The molecule has 0 heterocycles. The highest BCUT2D eigenvalue weighted by Gasteiger charge is 2.19. The smallest absolute Gasteiger partial charge is 0.306 e. The van der Waals surface area contributed by atoms with E-state index in [0.717, 1.165) is 77.0 Å². The van der Waals surface area contributed by atoms with E-state index < -0.39 is 6.10 Å². The lowest BCUT2D eigenvalue weighted by Gasteiger charge is -2.18. The maximum atomic E-state index is 12.7. The molecule has 0 aliphatic carbocycles. The highest BCUT2D eigenvalue weighted by molar-refractivity contribution is 5.71. The molecule has 0 aliphatic heterocycles. The summed E-state index contributed by atoms with van der Waals surface area (Å²) in [6.45, 7) is 6.49. The van der Waals surface area contributed by atoms with Crippen LogP contribution in [0.1, 0.15) is 220 Å². The van der Waals surface area contributed by atoms with Gasteiger partial charge < -0.3 is 14.2 Å². The predicted octanol–water partition coefficient (Wildman–Crippen LogP) is 14.9. The van der Waals surface area contributed by atoms with Gasteiger partial charge in [0.2, 0.25) is 0 Å². The Morgan fingerprint density at radius 1 is 0.357 bits per heavy atom. The van der Waals surface area contributed by atoms with Crippen LogP contribution in [0.25, 0.3) is 0 Å². The van der Waals surface area contributed by atoms with E-state index in [1.807, 2.05) is 0 Å². The van der Waals surface area contributed by atoms with Crippen LogP contribution in [0.15, 0.2) is 60.8 Å². The fraction of sp³-hybridized carbons (Fsp3) is 0.740. The summed E-state index contributed by atoms with van der Waals surface area (Å²) in [7, 11) is 0. The van der Waals surface area contributed by atoms with Gasteiger partial charge in [-0.15, -0.1) is 0 Å². The fourth-order valence-corrected chi connectivity index (χ4v) is 6.19. The van der Waals surface area contributed by atoms with Crippen molar-refractivity contribution in [1.82, 2.24) is 0 Å². The quantitative estimate of drug-likeness (QED) is 0.0266. The lowest BCUT2D eigenvalue weighted by molar-refractivity contribution is -0.167. The van der Waals surface area contributed by atoms with Crippen LogP contribution >= 0.6 is 0 Å². The topological polar surface area (TPSA) is 78.9 Å². The SMILES string of the molecule is CCCCC/C=C\C/C=C\C/C=C\C/C=C\CCCC(=O)OCC(COC(=O)CCCCCCCCCCC)OC(=O)CCCCCCC/C=C\CCCCC. The minimum absolute atomic E-state index is 0.0938. The summed E-state index contributed by atoms with van der Waals surface area (Å²) in [5.74, 6) is -0.967. The molecule has 322 valence electrons. The Morgan fingerprint density at radius 3 is 1.12 bits per heavy atom. The normalized spacial score (nSPS) is 12.6. The second-order valence-electron chi connectivity index (χ2n) is 15.3. The summed E-state index contributed by atoms with van der Waals surface area (Å²) in [5.41, 5.74) is 0. The van der Waals surface area contributed by atoms with Gasteiger partial charge in [0.05, 0.1) is 0 Å². The molecule has 0 N–H and O–H groups in total. The van der Waals surface area contributed by atoms with Gasteiger partial charge in [0.15, 0.2) is 6.10 Å². The van der Waals surface area contributed by atoms with E-state index in [4.69, 9.17) is 14.2 Å². The number of allylic oxidation sites excluding steroid dienone is 10. The van der Waals surface area contributed by atoms with Gasteiger partial charge in [-0.1, -0.05) is 178 Å². The molecule has 0 aromatic rings. The van der Waals surface area contributed by atoms with E-state index in [0.29, 0.717) is 19.3 Å². The Balaban J connectivity index is 4.45. The molecular formula is C50H86O6. The van der Waals surface area contributed by atoms with Crippen LogP contribution in [-0.2, 0) is 28.6 Å². The van der Waals surface area contributed by atoms with Gasteiger partial charge in [0.25, 0.3) is 0 Å². The lowest BCUT2D eigenvalue weighted by atomic mass is 10.1. The molecule has 0 bridgehead atoms. The molecule has 6 nitrogen and oxygen atoms in total. The number of ether oxygens (including phenoxy) is 3. The van der Waals surface area contributed by atoms with Crippen LogP contribution in [0.2, 0.25) is 0 Å². The predicted molar refractivity (Wildman–Crippen MR) is 238 cm³/mol. The molecule has 0 amide bonds. The van der Waals surface area contributed by atoms with Gasteiger partial charge >= 0.3 is 17.9 Å². The summed E-state index contributed by atoms with van der Waals surface area (Å²) in [4.78, 5) is 37.7. The highest BCUT2D eigenvalue weighted by Crippen LogP contribution is 2.13. The first-order valence-electron chi connectivity index (χ1n) is 23.3. The summed E-state index contributed by atoms with van der Waals surface area (Å²) in [6, 6.07) is 0. The highest BCUT2D eigenvalue weighted by atomic mass is 16.6. The van der Waals surface area contributed by atoms with Crippen molar-refractivity contribution in [3.8, 4) is 0 Å². The van der Waals surface area contributed by atoms with Gasteiger partial charge in [0.1, 0.15) is 13.2 Å². The molecule has 0 rings (SSSR count). The second-order valence-corrected chi connectivity index (χ2v) is 15.3.